The van der Waals surface area contributed by atoms with Crippen molar-refractivity contribution in [2.24, 2.45) is 0 Å². The summed E-state index contributed by atoms with van der Waals surface area (Å²) in [5.74, 6) is -0.626. The molecule has 0 spiro atoms. The number of nitrogens with zero attached hydrogens (tertiary/aromatic N) is 1. The first-order chi connectivity index (χ1) is 10.5. The third kappa shape index (κ3) is 6.33. The summed E-state index contributed by atoms with van der Waals surface area (Å²) < 4.78 is 10.7. The molecule has 1 N–H and O–H groups in total. The molecule has 0 aliphatic heterocycles. The topological polar surface area (TPSA) is 67.9 Å². The quantitative estimate of drug-likeness (QED) is 0.383. The summed E-state index contributed by atoms with van der Waals surface area (Å²) in [5, 5.41) is 2.93. The van der Waals surface area contributed by atoms with E-state index in [1.165, 1.54) is 12.0 Å². The first-order valence-electron chi connectivity index (χ1n) is 6.80. The van der Waals surface area contributed by atoms with Crippen LogP contribution in [0.15, 0.2) is 24.3 Å². The average Bonchev–Trinajstić information content (AvgIpc) is 2.53. The zero-order valence-corrected chi connectivity index (χ0v) is 15.1. The van der Waals surface area contributed by atoms with E-state index < -0.39 is 12.0 Å². The Bertz CT molecular complexity index is 498. The van der Waals surface area contributed by atoms with Crippen LogP contribution in [0.25, 0.3) is 0 Å². The molecule has 0 saturated carbocycles. The standard InChI is InChI=1S/C14H20BIN2O4/c1-10(17-15-22-3)14(20)18(9-13(19)21-2)8-11-4-6-12(16)7-5-11/h4-7,10,15,17H,8-9H2,1-3H3. The van der Waals surface area contributed by atoms with Crippen LogP contribution < -0.4 is 5.23 Å². The summed E-state index contributed by atoms with van der Waals surface area (Å²) in [6, 6.07) is 7.35. The molecule has 1 unspecified atom stereocenters. The maximum absolute atomic E-state index is 12.5. The largest absolute Gasteiger partial charge is 0.468 e. The third-order valence-electron chi connectivity index (χ3n) is 3.05. The molecule has 0 fully saturated rings. The van der Waals surface area contributed by atoms with E-state index in [9.17, 15) is 9.59 Å². The molecule has 0 saturated heterocycles. The highest BCUT2D eigenvalue weighted by Crippen LogP contribution is 2.10. The highest BCUT2D eigenvalue weighted by atomic mass is 127. The second kappa shape index (κ2) is 9.80. The number of rotatable bonds is 8. The molecule has 22 heavy (non-hydrogen) atoms. The van der Waals surface area contributed by atoms with Gasteiger partial charge in [-0.3, -0.25) is 9.59 Å². The first-order valence-corrected chi connectivity index (χ1v) is 7.88. The Balaban J connectivity index is 2.80. The monoisotopic (exact) mass is 418 g/mol. The number of halogens is 1. The number of benzene rings is 1. The molecule has 0 bridgehead atoms. The van der Waals surface area contributed by atoms with E-state index in [1.54, 1.807) is 14.0 Å². The Labute approximate surface area is 145 Å². The molecule has 1 rings (SSSR count). The van der Waals surface area contributed by atoms with Crippen molar-refractivity contribution >= 4 is 42.1 Å². The van der Waals surface area contributed by atoms with Crippen molar-refractivity contribution in [3.8, 4) is 0 Å². The molecule has 0 aliphatic carbocycles. The summed E-state index contributed by atoms with van der Waals surface area (Å²) in [6.07, 6.45) is 0. The Morgan fingerprint density at radius 2 is 1.95 bits per heavy atom. The Kier molecular flexibility index (Phi) is 8.43. The van der Waals surface area contributed by atoms with Gasteiger partial charge in [-0.05, 0) is 47.2 Å². The summed E-state index contributed by atoms with van der Waals surface area (Å²) >= 11 is 2.22. The van der Waals surface area contributed by atoms with Crippen molar-refractivity contribution in [2.75, 3.05) is 20.8 Å². The van der Waals surface area contributed by atoms with Crippen LogP contribution in [0, 0.1) is 3.57 Å². The van der Waals surface area contributed by atoms with Gasteiger partial charge in [0.05, 0.1) is 13.2 Å². The summed E-state index contributed by atoms with van der Waals surface area (Å²) in [5.41, 5.74) is 0.955. The highest BCUT2D eigenvalue weighted by molar-refractivity contribution is 14.1. The number of hydrogen-bond acceptors (Lipinski definition) is 5. The number of methoxy groups -OCH3 is 1. The van der Waals surface area contributed by atoms with E-state index in [1.807, 2.05) is 24.3 Å². The molecule has 0 aromatic heterocycles. The van der Waals surface area contributed by atoms with Gasteiger partial charge in [-0.2, -0.15) is 0 Å². The number of nitrogens with one attached hydrogen (secondary N) is 1. The minimum Gasteiger partial charge on any atom is -0.468 e. The lowest BCUT2D eigenvalue weighted by Crippen LogP contribution is -2.47. The van der Waals surface area contributed by atoms with Crippen molar-refractivity contribution < 1.29 is 19.0 Å². The van der Waals surface area contributed by atoms with Crippen molar-refractivity contribution in [3.05, 3.63) is 33.4 Å². The SMILES string of the molecule is COBNC(C)C(=O)N(CC(=O)OC)Cc1ccc(I)cc1. The minimum absolute atomic E-state index is 0.0830. The molecule has 0 radical (unpaired) electrons. The van der Waals surface area contributed by atoms with Crippen LogP contribution >= 0.6 is 22.6 Å². The third-order valence-corrected chi connectivity index (χ3v) is 3.77. The highest BCUT2D eigenvalue weighted by Gasteiger charge is 2.23. The van der Waals surface area contributed by atoms with Crippen LogP contribution in [0.4, 0.5) is 0 Å². The van der Waals surface area contributed by atoms with E-state index in [-0.39, 0.29) is 20.1 Å². The van der Waals surface area contributed by atoms with Gasteiger partial charge in [-0.25, -0.2) is 0 Å². The Hall–Kier alpha value is -1.13. The fraction of sp³-hybridized carbons (Fsp3) is 0.429. The maximum Gasteiger partial charge on any atom is 0.361 e. The number of ether oxygens (including phenoxy) is 1. The first kappa shape index (κ1) is 18.9. The Morgan fingerprint density at radius 1 is 1.32 bits per heavy atom. The average molecular weight is 418 g/mol. The van der Waals surface area contributed by atoms with E-state index >= 15 is 0 Å². The predicted molar refractivity (Wildman–Crippen MR) is 93.3 cm³/mol. The molecule has 120 valence electrons. The van der Waals surface area contributed by atoms with Crippen LogP contribution in [0.3, 0.4) is 0 Å². The normalized spacial score (nSPS) is 11.6. The van der Waals surface area contributed by atoms with Crippen molar-refractivity contribution in [3.63, 3.8) is 0 Å². The lowest BCUT2D eigenvalue weighted by atomic mass is 10.1. The molecule has 8 heteroatoms. The van der Waals surface area contributed by atoms with E-state index in [2.05, 4.69) is 32.6 Å². The number of esters is 1. The molecule has 1 aromatic rings. The molecule has 1 aromatic carbocycles. The molecular weight excluding hydrogens is 398 g/mol. The number of carbonyl (C=O) groups excluding carboxylic acids is 2. The van der Waals surface area contributed by atoms with Gasteiger partial charge >= 0.3 is 13.6 Å². The zero-order chi connectivity index (χ0) is 16.5. The minimum atomic E-state index is -0.451. The summed E-state index contributed by atoms with van der Waals surface area (Å²) in [6.45, 7) is 2.00. The fourth-order valence-electron chi connectivity index (χ4n) is 1.81. The maximum atomic E-state index is 12.5. The number of hydrogen-bond donors (Lipinski definition) is 1. The van der Waals surface area contributed by atoms with Gasteiger partial charge in [0.2, 0.25) is 5.91 Å². The van der Waals surface area contributed by atoms with E-state index in [0.717, 1.165) is 9.13 Å². The zero-order valence-electron chi connectivity index (χ0n) is 13.0. The van der Waals surface area contributed by atoms with Gasteiger partial charge in [0.1, 0.15) is 6.54 Å². The van der Waals surface area contributed by atoms with E-state index in [0.29, 0.717) is 6.54 Å². The molecule has 6 nitrogen and oxygen atoms in total. The van der Waals surface area contributed by atoms with E-state index in [4.69, 9.17) is 4.65 Å². The molecule has 1 amide bonds. The number of amides is 1. The van der Waals surface area contributed by atoms with Gasteiger partial charge in [0.15, 0.2) is 0 Å². The predicted octanol–water partition coefficient (Wildman–Crippen LogP) is 0.684. The van der Waals surface area contributed by atoms with Crippen molar-refractivity contribution in [2.45, 2.75) is 19.5 Å². The summed E-state index contributed by atoms with van der Waals surface area (Å²) in [7, 11) is 3.12. The number of carbonyl (C=O) groups is 2. The van der Waals surface area contributed by atoms with Crippen molar-refractivity contribution in [1.82, 2.24) is 10.1 Å². The lowest BCUT2D eigenvalue weighted by molar-refractivity contribution is -0.147. The molecule has 0 heterocycles. The summed E-state index contributed by atoms with van der Waals surface area (Å²) in [4.78, 5) is 25.5. The van der Waals surface area contributed by atoms with Gasteiger partial charge in [0, 0.05) is 17.2 Å². The van der Waals surface area contributed by atoms with Crippen LogP contribution in [-0.4, -0.2) is 51.2 Å². The molecule has 1 atom stereocenters. The Morgan fingerprint density at radius 3 is 2.50 bits per heavy atom. The van der Waals surface area contributed by atoms with Crippen LogP contribution in [0.1, 0.15) is 12.5 Å². The van der Waals surface area contributed by atoms with Gasteiger partial charge in [-0.15, -0.1) is 0 Å². The van der Waals surface area contributed by atoms with Crippen LogP contribution in [0.5, 0.6) is 0 Å². The van der Waals surface area contributed by atoms with Crippen LogP contribution in [0.2, 0.25) is 0 Å². The van der Waals surface area contributed by atoms with Gasteiger partial charge in [-0.1, -0.05) is 12.1 Å². The smallest absolute Gasteiger partial charge is 0.361 e. The second-order valence-corrected chi connectivity index (χ2v) is 6.00. The van der Waals surface area contributed by atoms with Gasteiger partial charge < -0.3 is 19.5 Å². The van der Waals surface area contributed by atoms with Crippen LogP contribution in [-0.2, 0) is 25.5 Å². The molecule has 0 aliphatic rings. The lowest BCUT2D eigenvalue weighted by Gasteiger charge is -2.25. The fourth-order valence-corrected chi connectivity index (χ4v) is 2.17. The van der Waals surface area contributed by atoms with Crippen molar-refractivity contribution in [1.29, 1.82) is 0 Å². The van der Waals surface area contributed by atoms with Gasteiger partial charge in [0.25, 0.3) is 0 Å². The second-order valence-electron chi connectivity index (χ2n) is 4.76. The molecular formula is C14H20BIN2O4.